The fourth-order valence-corrected chi connectivity index (χ4v) is 2.83. The van der Waals surface area contributed by atoms with Gasteiger partial charge in [0, 0.05) is 6.42 Å². The molecular formula is C20H35Cl3O3. The lowest BCUT2D eigenvalue weighted by molar-refractivity contribution is -0.146. The number of aliphatic hydroxyl groups is 1. The van der Waals surface area contributed by atoms with Crippen LogP contribution in [-0.2, 0) is 9.53 Å². The summed E-state index contributed by atoms with van der Waals surface area (Å²) in [4.78, 5) is 11.5. The van der Waals surface area contributed by atoms with Crippen molar-refractivity contribution in [3.8, 4) is 0 Å². The quantitative estimate of drug-likeness (QED) is 0.118. The van der Waals surface area contributed by atoms with Crippen LogP contribution in [0.1, 0.15) is 90.4 Å². The molecule has 0 amide bonds. The second-order valence-corrected chi connectivity index (χ2v) is 8.44. The van der Waals surface area contributed by atoms with Crippen molar-refractivity contribution in [2.45, 2.75) is 101 Å². The molecule has 0 aromatic heterocycles. The van der Waals surface area contributed by atoms with Gasteiger partial charge in [0.1, 0.15) is 0 Å². The number of allylic oxidation sites excluding steroid dienone is 1. The Morgan fingerprint density at radius 3 is 2.38 bits per heavy atom. The smallest absolute Gasteiger partial charge is 0.308 e. The van der Waals surface area contributed by atoms with Crippen molar-refractivity contribution in [1.82, 2.24) is 0 Å². The van der Waals surface area contributed by atoms with Gasteiger partial charge in [-0.15, -0.1) is 11.6 Å². The van der Waals surface area contributed by atoms with Gasteiger partial charge in [0.05, 0.1) is 12.0 Å². The molecule has 0 heterocycles. The summed E-state index contributed by atoms with van der Waals surface area (Å²) >= 11 is 16.8. The monoisotopic (exact) mass is 428 g/mol. The van der Waals surface area contributed by atoms with E-state index in [2.05, 4.69) is 19.1 Å². The lowest BCUT2D eigenvalue weighted by Gasteiger charge is -2.16. The number of rotatable bonds is 17. The second-order valence-electron chi connectivity index (χ2n) is 6.76. The topological polar surface area (TPSA) is 46.5 Å². The first-order chi connectivity index (χ1) is 12.4. The van der Waals surface area contributed by atoms with E-state index < -0.39 is 10.5 Å². The molecule has 6 heteroatoms. The van der Waals surface area contributed by atoms with Crippen molar-refractivity contribution in [2.24, 2.45) is 0 Å². The summed E-state index contributed by atoms with van der Waals surface area (Å²) in [6.07, 6.45) is 17.0. The minimum atomic E-state index is -1.62. The molecule has 0 aliphatic rings. The Kier molecular flexibility index (Phi) is 17.2. The van der Waals surface area contributed by atoms with E-state index in [4.69, 9.17) is 39.5 Å². The minimum absolute atomic E-state index is 0.148. The zero-order valence-electron chi connectivity index (χ0n) is 16.0. The van der Waals surface area contributed by atoms with Gasteiger partial charge in [0.15, 0.2) is 0 Å². The highest BCUT2D eigenvalue weighted by Crippen LogP contribution is 2.25. The highest BCUT2D eigenvalue weighted by molar-refractivity contribution is 6.50. The van der Waals surface area contributed by atoms with Gasteiger partial charge >= 0.3 is 5.97 Å². The number of hydrogen-bond donors (Lipinski definition) is 1. The number of ether oxygens (including phenoxy) is 1. The van der Waals surface area contributed by atoms with E-state index in [9.17, 15) is 9.90 Å². The fourth-order valence-electron chi connectivity index (χ4n) is 2.60. The molecule has 0 saturated carbocycles. The van der Waals surface area contributed by atoms with Crippen LogP contribution >= 0.6 is 34.8 Å². The molecule has 26 heavy (non-hydrogen) atoms. The van der Waals surface area contributed by atoms with Crippen molar-refractivity contribution in [1.29, 1.82) is 0 Å². The molecule has 1 atom stereocenters. The van der Waals surface area contributed by atoms with E-state index in [1.165, 1.54) is 19.3 Å². The van der Waals surface area contributed by atoms with E-state index in [1.54, 1.807) is 0 Å². The molecule has 0 rings (SSSR count). The van der Waals surface area contributed by atoms with Gasteiger partial charge in [-0.25, -0.2) is 0 Å². The Morgan fingerprint density at radius 1 is 1.04 bits per heavy atom. The molecule has 3 nitrogen and oxygen atoms in total. The summed E-state index contributed by atoms with van der Waals surface area (Å²) in [6.45, 7) is 2.20. The summed E-state index contributed by atoms with van der Waals surface area (Å²) in [5.74, 6) is -0.558. The van der Waals surface area contributed by atoms with Gasteiger partial charge in [-0.2, -0.15) is 0 Å². The molecule has 1 N–H and O–H groups in total. The zero-order chi connectivity index (χ0) is 19.7. The molecule has 0 saturated heterocycles. The van der Waals surface area contributed by atoms with Gasteiger partial charge in [-0.05, 0) is 32.1 Å². The second kappa shape index (κ2) is 17.2. The molecule has 0 bridgehead atoms. The van der Waals surface area contributed by atoms with Gasteiger partial charge in [0.25, 0.3) is 4.52 Å². The predicted molar refractivity (Wildman–Crippen MR) is 112 cm³/mol. The molecule has 0 aromatic carbocycles. The van der Waals surface area contributed by atoms with Gasteiger partial charge in [-0.1, -0.05) is 87.2 Å². The Bertz CT molecular complexity index is 373. The van der Waals surface area contributed by atoms with Crippen LogP contribution in [0, 0.1) is 0 Å². The number of esters is 1. The molecule has 0 fully saturated rings. The van der Waals surface area contributed by atoms with Crippen molar-refractivity contribution in [2.75, 3.05) is 5.88 Å². The van der Waals surface area contributed by atoms with E-state index in [0.717, 1.165) is 57.8 Å². The minimum Gasteiger partial charge on any atom is -0.427 e. The summed E-state index contributed by atoms with van der Waals surface area (Å²) in [5, 5.41) is 9.87. The molecular weight excluding hydrogens is 395 g/mol. The van der Waals surface area contributed by atoms with Gasteiger partial charge < -0.3 is 9.84 Å². The standard InChI is InChI=1S/C20H35Cl3O3/c1-2-3-4-11-14-18(24)15-12-9-7-5-6-8-10-13-16-19(25)26-20(22,23)17-21/h9,12,18,24H,2-8,10-11,13-17H2,1H3/t18-/m1/s1. The summed E-state index contributed by atoms with van der Waals surface area (Å²) in [5.41, 5.74) is 0. The summed E-state index contributed by atoms with van der Waals surface area (Å²) in [7, 11) is 0. The molecule has 0 radical (unpaired) electrons. The van der Waals surface area contributed by atoms with Crippen LogP contribution in [0.3, 0.4) is 0 Å². The predicted octanol–water partition coefficient (Wildman–Crippen LogP) is 6.91. The maximum atomic E-state index is 11.5. The lowest BCUT2D eigenvalue weighted by Crippen LogP contribution is -2.24. The maximum absolute atomic E-state index is 11.5. The van der Waals surface area contributed by atoms with Crippen LogP contribution in [0.15, 0.2) is 12.2 Å². The number of carbonyl (C=O) groups is 1. The SMILES string of the molecule is CCCCCC[C@@H](O)CC=CCCCCCCCC(=O)OC(Cl)(Cl)CCl. The number of alkyl halides is 3. The largest absolute Gasteiger partial charge is 0.427 e. The Morgan fingerprint density at radius 2 is 1.69 bits per heavy atom. The highest BCUT2D eigenvalue weighted by Gasteiger charge is 2.27. The molecule has 0 aliphatic carbocycles. The number of carbonyl (C=O) groups excluding carboxylic acids is 1. The number of aliphatic hydroxyl groups excluding tert-OH is 1. The van der Waals surface area contributed by atoms with Crippen LogP contribution in [0.25, 0.3) is 0 Å². The van der Waals surface area contributed by atoms with Crippen molar-refractivity contribution < 1.29 is 14.6 Å². The molecule has 0 unspecified atom stereocenters. The van der Waals surface area contributed by atoms with Crippen LogP contribution in [-0.4, -0.2) is 27.6 Å². The van der Waals surface area contributed by atoms with Crippen molar-refractivity contribution in [3.63, 3.8) is 0 Å². The van der Waals surface area contributed by atoms with Crippen molar-refractivity contribution in [3.05, 3.63) is 12.2 Å². The summed E-state index contributed by atoms with van der Waals surface area (Å²) < 4.78 is 3.23. The first kappa shape index (κ1) is 26.0. The fraction of sp³-hybridized carbons (Fsp3) is 0.850. The third kappa shape index (κ3) is 17.5. The average molecular weight is 430 g/mol. The lowest BCUT2D eigenvalue weighted by atomic mass is 10.1. The van der Waals surface area contributed by atoms with Crippen LogP contribution in [0.4, 0.5) is 0 Å². The number of halogens is 3. The maximum Gasteiger partial charge on any atom is 0.308 e. The van der Waals surface area contributed by atoms with E-state index >= 15 is 0 Å². The molecule has 154 valence electrons. The van der Waals surface area contributed by atoms with Crippen LogP contribution < -0.4 is 0 Å². The van der Waals surface area contributed by atoms with Gasteiger partial charge in [-0.3, -0.25) is 4.79 Å². The third-order valence-electron chi connectivity index (χ3n) is 4.14. The van der Waals surface area contributed by atoms with E-state index in [-0.39, 0.29) is 12.0 Å². The number of unbranched alkanes of at least 4 members (excludes halogenated alkanes) is 8. The Balaban J connectivity index is 3.44. The first-order valence-electron chi connectivity index (χ1n) is 9.90. The Hall–Kier alpha value is 0.0400. The van der Waals surface area contributed by atoms with E-state index in [1.807, 2.05) is 0 Å². The molecule has 0 aliphatic heterocycles. The van der Waals surface area contributed by atoms with Crippen molar-refractivity contribution >= 4 is 40.8 Å². The summed E-state index contributed by atoms with van der Waals surface area (Å²) in [6, 6.07) is 0. The first-order valence-corrected chi connectivity index (χ1v) is 11.2. The normalized spacial score (nSPS) is 13.3. The van der Waals surface area contributed by atoms with Crippen LogP contribution in [0.5, 0.6) is 0 Å². The van der Waals surface area contributed by atoms with Gasteiger partial charge in [0.2, 0.25) is 0 Å². The molecule has 0 aromatic rings. The Labute approximate surface area is 174 Å². The average Bonchev–Trinajstić information content (AvgIpc) is 2.60. The highest BCUT2D eigenvalue weighted by atomic mass is 35.5. The number of hydrogen-bond acceptors (Lipinski definition) is 3. The zero-order valence-corrected chi connectivity index (χ0v) is 18.3. The third-order valence-corrected chi connectivity index (χ3v) is 5.21. The van der Waals surface area contributed by atoms with E-state index in [0.29, 0.717) is 6.42 Å². The van der Waals surface area contributed by atoms with Crippen LogP contribution in [0.2, 0.25) is 0 Å². The molecule has 0 spiro atoms.